The van der Waals surface area contributed by atoms with Crippen LogP contribution in [0.25, 0.3) is 11.0 Å². The topological polar surface area (TPSA) is 235 Å². The van der Waals surface area contributed by atoms with Gasteiger partial charge in [0.1, 0.15) is 23.5 Å². The maximum absolute atomic E-state index is 13.1. The van der Waals surface area contributed by atoms with E-state index in [4.69, 9.17) is 25.8 Å². The Bertz CT molecular complexity index is 1500. The van der Waals surface area contributed by atoms with Gasteiger partial charge >= 0.3 is 17.8 Å². The van der Waals surface area contributed by atoms with Gasteiger partial charge in [0.25, 0.3) is 11.2 Å². The highest BCUT2D eigenvalue weighted by Crippen LogP contribution is 2.52. The number of carbonyl (C=O) groups excluding carboxylic acids is 1. The minimum atomic E-state index is -5.59. The number of halogens is 1. The van der Waals surface area contributed by atoms with E-state index < -0.39 is 66.8 Å². The molecule has 43 heavy (non-hydrogen) atoms. The van der Waals surface area contributed by atoms with E-state index in [-0.39, 0.29) is 29.9 Å². The summed E-state index contributed by atoms with van der Waals surface area (Å²) >= 11 is 6.28. The summed E-state index contributed by atoms with van der Waals surface area (Å²) in [5.74, 6) is -1.67. The molecule has 1 saturated carbocycles. The van der Waals surface area contributed by atoms with Crippen molar-refractivity contribution in [3.63, 3.8) is 0 Å². The third-order valence-corrected chi connectivity index (χ3v) is 10.9. The minimum absolute atomic E-state index is 0.123. The molecule has 5 atom stereocenters. The fourth-order valence-corrected chi connectivity index (χ4v) is 7.72. The Hall–Kier alpha value is -1.96. The zero-order valence-electron chi connectivity index (χ0n) is 23.1. The first kappa shape index (κ1) is 32.4. The molecular weight excluding hydrogens is 635 g/mol. The molecule has 1 amide bonds. The van der Waals surface area contributed by atoms with Crippen LogP contribution in [-0.2, 0) is 33.8 Å². The van der Waals surface area contributed by atoms with Crippen LogP contribution < -0.4 is 10.0 Å². The maximum Gasteiger partial charge on any atom is 0.369 e. The molecule has 0 aromatic carbocycles. The Morgan fingerprint density at radius 2 is 1.93 bits per heavy atom. The van der Waals surface area contributed by atoms with Gasteiger partial charge in [-0.15, -0.1) is 0 Å². The van der Waals surface area contributed by atoms with Gasteiger partial charge in [-0.05, 0) is 25.3 Å². The average Bonchev–Trinajstić information content (AvgIpc) is 3.60. The van der Waals surface area contributed by atoms with Crippen LogP contribution in [0.1, 0.15) is 38.3 Å². The normalized spacial score (nSPS) is 26.8. The molecular formula is C23H34ClN6O11PS. The van der Waals surface area contributed by atoms with E-state index in [2.05, 4.69) is 15.4 Å². The lowest BCUT2D eigenvalue weighted by atomic mass is 10.1. The Morgan fingerprint density at radius 3 is 2.53 bits per heavy atom. The fraction of sp³-hybridized carbons (Fsp3) is 0.696. The molecule has 2 aromatic rings. The van der Waals surface area contributed by atoms with Crippen LogP contribution in [0.3, 0.4) is 0 Å². The molecule has 5 rings (SSSR count). The average molecular weight is 669 g/mol. The van der Waals surface area contributed by atoms with E-state index in [1.165, 1.54) is 10.9 Å². The second-order valence-corrected chi connectivity index (χ2v) is 14.6. The molecule has 240 valence electrons. The molecule has 3 aliphatic rings. The molecule has 2 aliphatic heterocycles. The van der Waals surface area contributed by atoms with Crippen molar-refractivity contribution >= 4 is 52.0 Å². The Kier molecular flexibility index (Phi) is 9.38. The van der Waals surface area contributed by atoms with Gasteiger partial charge in [-0.2, -0.15) is 17.8 Å². The number of carbonyl (C=O) groups is 1. The van der Waals surface area contributed by atoms with Crippen molar-refractivity contribution in [2.45, 2.75) is 68.0 Å². The maximum atomic E-state index is 13.1. The van der Waals surface area contributed by atoms with Crippen LogP contribution >= 0.6 is 19.2 Å². The summed E-state index contributed by atoms with van der Waals surface area (Å²) in [6.07, 6.45) is 0.182. The first-order valence-electron chi connectivity index (χ1n) is 13.6. The smallest absolute Gasteiger partial charge is 0.369 e. The standard InChI is InChI=1S/C23H34ClN6O11PS/c1-39-12-23(42(34,35)36,22(33)28-43(37,38)29-7-4-8-29)40-11-16-18(31)19(32)21(41-16)30-20-14(10-25-30)15(9-17(24)27-20)26-13-5-2-3-6-13/h9-10,13,16,18-19,21,31-32H,2-8,11-12H2,1H3,(H,26,27)(H,28,33)(H2,34,35,36)/t16-,18-,19-,21-,23+/m1/s1. The molecule has 0 bridgehead atoms. The first-order valence-corrected chi connectivity index (χ1v) is 17.0. The summed E-state index contributed by atoms with van der Waals surface area (Å²) in [7, 11) is -8.97. The third-order valence-electron chi connectivity index (χ3n) is 7.86. The summed E-state index contributed by atoms with van der Waals surface area (Å²) in [5.41, 5.74) is 0.927. The Balaban J connectivity index is 1.37. The zero-order chi connectivity index (χ0) is 31.2. The molecule has 0 unspecified atom stereocenters. The molecule has 0 spiro atoms. The molecule has 20 heteroatoms. The molecule has 4 heterocycles. The minimum Gasteiger partial charge on any atom is -0.387 e. The van der Waals surface area contributed by atoms with Gasteiger partial charge in [0.2, 0.25) is 0 Å². The fourth-order valence-electron chi connectivity index (χ4n) is 5.33. The number of aliphatic hydroxyl groups excluding tert-OH is 2. The van der Waals surface area contributed by atoms with Crippen molar-refractivity contribution in [3.8, 4) is 0 Å². The summed E-state index contributed by atoms with van der Waals surface area (Å²) < 4.78 is 57.4. The van der Waals surface area contributed by atoms with E-state index >= 15 is 0 Å². The Morgan fingerprint density at radius 1 is 1.23 bits per heavy atom. The van der Waals surface area contributed by atoms with Crippen molar-refractivity contribution in [2.24, 2.45) is 0 Å². The summed E-state index contributed by atoms with van der Waals surface area (Å²) in [6.45, 7) is -1.66. The molecule has 0 radical (unpaired) electrons. The number of ether oxygens (including phenoxy) is 3. The molecule has 2 saturated heterocycles. The highest BCUT2D eigenvalue weighted by Gasteiger charge is 2.58. The number of aliphatic hydroxyl groups is 2. The number of fused-ring (bicyclic) bond motifs is 1. The monoisotopic (exact) mass is 668 g/mol. The predicted octanol–water partition coefficient (Wildman–Crippen LogP) is -0.338. The van der Waals surface area contributed by atoms with Gasteiger partial charge in [-0.25, -0.2) is 14.4 Å². The van der Waals surface area contributed by atoms with Crippen LogP contribution in [0.15, 0.2) is 12.3 Å². The lowest BCUT2D eigenvalue weighted by Crippen LogP contribution is -2.58. The second kappa shape index (κ2) is 12.4. The van der Waals surface area contributed by atoms with Gasteiger partial charge in [0, 0.05) is 26.2 Å². The highest BCUT2D eigenvalue weighted by atomic mass is 35.5. The summed E-state index contributed by atoms with van der Waals surface area (Å²) in [4.78, 5) is 37.7. The van der Waals surface area contributed by atoms with Gasteiger partial charge in [0.15, 0.2) is 11.9 Å². The van der Waals surface area contributed by atoms with Crippen molar-refractivity contribution in [3.05, 3.63) is 17.4 Å². The second-order valence-electron chi connectivity index (χ2n) is 10.8. The van der Waals surface area contributed by atoms with Crippen LogP contribution in [-0.4, -0.2) is 117 Å². The van der Waals surface area contributed by atoms with Crippen LogP contribution in [0.2, 0.25) is 5.15 Å². The SMILES string of the molecule is COC[C@@](OC[C@H]1O[C@@H](n2ncc3c(NC4CCCC4)cc(Cl)nc32)[C@H](O)[C@@H]1O)(C(=O)NS(=O)(=O)N1CCC1)P(=O)(O)O. The van der Waals surface area contributed by atoms with Gasteiger partial charge in [-0.1, -0.05) is 24.4 Å². The molecule has 1 aliphatic carbocycles. The summed E-state index contributed by atoms with van der Waals surface area (Å²) in [5, 5.41) is 27.0. The van der Waals surface area contributed by atoms with Crippen molar-refractivity contribution in [1.82, 2.24) is 23.8 Å². The molecule has 6 N–H and O–H groups in total. The van der Waals surface area contributed by atoms with E-state index in [9.17, 15) is 37.8 Å². The van der Waals surface area contributed by atoms with Crippen molar-refractivity contribution in [2.75, 3.05) is 38.7 Å². The third kappa shape index (κ3) is 6.28. The van der Waals surface area contributed by atoms with E-state index in [0.717, 1.165) is 37.1 Å². The molecule has 17 nitrogen and oxygen atoms in total. The number of anilines is 1. The lowest BCUT2D eigenvalue weighted by Gasteiger charge is -2.35. The van der Waals surface area contributed by atoms with Gasteiger partial charge < -0.3 is 39.5 Å². The number of hydrogen-bond acceptors (Lipinski definition) is 12. The van der Waals surface area contributed by atoms with Gasteiger partial charge in [-0.3, -0.25) is 9.36 Å². The zero-order valence-corrected chi connectivity index (χ0v) is 25.5. The first-order chi connectivity index (χ1) is 20.3. The van der Waals surface area contributed by atoms with E-state index in [0.29, 0.717) is 17.5 Å². The van der Waals surface area contributed by atoms with Crippen LogP contribution in [0.5, 0.6) is 0 Å². The van der Waals surface area contributed by atoms with Crippen molar-refractivity contribution < 1.29 is 52.0 Å². The number of methoxy groups -OCH3 is 1. The number of nitrogens with one attached hydrogen (secondary N) is 2. The quantitative estimate of drug-likeness (QED) is 0.125. The van der Waals surface area contributed by atoms with Crippen LogP contribution in [0, 0.1) is 0 Å². The number of amides is 1. The lowest BCUT2D eigenvalue weighted by molar-refractivity contribution is -0.151. The molecule has 2 aromatic heterocycles. The van der Waals surface area contributed by atoms with E-state index in [1.54, 1.807) is 10.8 Å². The Labute approximate surface area is 251 Å². The molecule has 3 fully saturated rings. The summed E-state index contributed by atoms with van der Waals surface area (Å²) in [6, 6.07) is 1.91. The number of rotatable bonds is 12. The van der Waals surface area contributed by atoms with Crippen LogP contribution in [0.4, 0.5) is 5.69 Å². The highest BCUT2D eigenvalue weighted by molar-refractivity contribution is 7.87. The van der Waals surface area contributed by atoms with Gasteiger partial charge in [0.05, 0.1) is 30.5 Å². The predicted molar refractivity (Wildman–Crippen MR) is 150 cm³/mol. The van der Waals surface area contributed by atoms with E-state index in [1.807, 2.05) is 0 Å². The number of pyridine rings is 1. The number of aromatic nitrogens is 3. The number of nitrogens with zero attached hydrogens (tertiary/aromatic N) is 4. The number of hydrogen-bond donors (Lipinski definition) is 6. The van der Waals surface area contributed by atoms with Crippen molar-refractivity contribution in [1.29, 1.82) is 0 Å². The largest absolute Gasteiger partial charge is 0.387 e.